The number of hydrogen-bond acceptors (Lipinski definition) is 4. The zero-order chi connectivity index (χ0) is 22.2. The van der Waals surface area contributed by atoms with Crippen LogP contribution in [0.2, 0.25) is 0 Å². The number of hydrogen-bond donors (Lipinski definition) is 0. The third kappa shape index (κ3) is 3.37. The van der Waals surface area contributed by atoms with Gasteiger partial charge in [0.25, 0.3) is 5.91 Å². The van der Waals surface area contributed by atoms with E-state index in [0.717, 1.165) is 16.8 Å². The molecule has 0 radical (unpaired) electrons. The summed E-state index contributed by atoms with van der Waals surface area (Å²) in [6.45, 7) is 3.87. The van der Waals surface area contributed by atoms with Gasteiger partial charge in [0, 0.05) is 25.9 Å². The van der Waals surface area contributed by atoms with Gasteiger partial charge >= 0.3 is 0 Å². The minimum atomic E-state index is -0.225. The van der Waals surface area contributed by atoms with Gasteiger partial charge in [-0.25, -0.2) is 4.68 Å². The quantitative estimate of drug-likeness (QED) is 0.482. The Morgan fingerprint density at radius 2 is 1.78 bits per heavy atom. The fourth-order valence-electron chi connectivity index (χ4n) is 4.24. The first-order chi connectivity index (χ1) is 15.5. The molecule has 1 atom stereocenters. The summed E-state index contributed by atoms with van der Waals surface area (Å²) in [6, 6.07) is 19.0. The lowest BCUT2D eigenvalue weighted by Crippen LogP contribution is -2.51. The SMILES string of the molecule is CC(=O)N1c2ccc(-c3ccc(-n4cccn4)cc3)cc2N(C(=O)c2ccco2)C[C@@H]1C. The second kappa shape index (κ2) is 7.85. The van der Waals surface area contributed by atoms with Crippen molar-refractivity contribution in [2.75, 3.05) is 16.3 Å². The predicted octanol–water partition coefficient (Wildman–Crippen LogP) is 4.53. The van der Waals surface area contributed by atoms with Gasteiger partial charge in [-0.3, -0.25) is 9.59 Å². The summed E-state index contributed by atoms with van der Waals surface area (Å²) in [4.78, 5) is 29.0. The second-order valence-corrected chi connectivity index (χ2v) is 7.83. The normalized spacial score (nSPS) is 15.5. The minimum Gasteiger partial charge on any atom is -0.459 e. The summed E-state index contributed by atoms with van der Waals surface area (Å²) in [7, 11) is 0. The van der Waals surface area contributed by atoms with E-state index in [1.807, 2.05) is 61.7 Å². The van der Waals surface area contributed by atoms with Crippen LogP contribution in [0.15, 0.2) is 83.7 Å². The molecule has 1 aliphatic rings. The molecule has 2 amide bonds. The third-order valence-electron chi connectivity index (χ3n) is 5.70. The Morgan fingerprint density at radius 3 is 2.44 bits per heavy atom. The molecule has 7 heteroatoms. The molecule has 2 aromatic heterocycles. The van der Waals surface area contributed by atoms with Gasteiger partial charge in [-0.05, 0) is 60.5 Å². The first-order valence-corrected chi connectivity index (χ1v) is 10.4. The Bertz CT molecular complexity index is 1260. The molecule has 0 bridgehead atoms. The average Bonchev–Trinajstić information content (AvgIpc) is 3.52. The Hall–Kier alpha value is -4.13. The molecular formula is C25H22N4O3. The Kier molecular flexibility index (Phi) is 4.86. The Balaban J connectivity index is 1.57. The van der Waals surface area contributed by atoms with Gasteiger partial charge < -0.3 is 14.2 Å². The van der Waals surface area contributed by atoms with Crippen molar-refractivity contribution in [2.24, 2.45) is 0 Å². The van der Waals surface area contributed by atoms with Crippen LogP contribution < -0.4 is 9.80 Å². The molecule has 0 saturated carbocycles. The molecule has 0 fully saturated rings. The molecule has 32 heavy (non-hydrogen) atoms. The van der Waals surface area contributed by atoms with E-state index in [0.29, 0.717) is 17.9 Å². The van der Waals surface area contributed by atoms with E-state index in [2.05, 4.69) is 5.10 Å². The third-order valence-corrected chi connectivity index (χ3v) is 5.70. The molecule has 3 heterocycles. The van der Waals surface area contributed by atoms with Crippen LogP contribution in [0.5, 0.6) is 0 Å². The standard InChI is InChI=1S/C25H22N4O3/c1-17-16-27(25(31)24-5-3-14-32-24)23-15-20(8-11-22(23)29(17)18(2)30)19-6-9-21(10-7-19)28-13-4-12-26-28/h3-15,17H,16H2,1-2H3/t17-/m0/s1. The van der Waals surface area contributed by atoms with Crippen LogP contribution in [0.1, 0.15) is 24.4 Å². The van der Waals surface area contributed by atoms with Crippen molar-refractivity contribution in [2.45, 2.75) is 19.9 Å². The molecule has 4 aromatic rings. The lowest BCUT2D eigenvalue weighted by Gasteiger charge is -2.40. The maximum Gasteiger partial charge on any atom is 0.294 e. The number of benzene rings is 2. The Morgan fingerprint density at radius 1 is 1.00 bits per heavy atom. The maximum absolute atomic E-state index is 13.2. The van der Waals surface area contributed by atoms with E-state index in [1.165, 1.54) is 6.26 Å². The smallest absolute Gasteiger partial charge is 0.294 e. The zero-order valence-electron chi connectivity index (χ0n) is 17.8. The number of carbonyl (C=O) groups is 2. The number of rotatable bonds is 3. The molecule has 0 N–H and O–H groups in total. The highest BCUT2D eigenvalue weighted by Crippen LogP contribution is 2.39. The van der Waals surface area contributed by atoms with Crippen LogP contribution in [0.4, 0.5) is 11.4 Å². The number of carbonyl (C=O) groups excluding carboxylic acids is 2. The van der Waals surface area contributed by atoms with Gasteiger partial charge in [0.05, 0.1) is 29.4 Å². The number of nitrogens with zero attached hydrogens (tertiary/aromatic N) is 4. The molecule has 5 rings (SSSR count). The molecule has 0 aliphatic carbocycles. The van der Waals surface area contributed by atoms with Crippen molar-refractivity contribution in [3.63, 3.8) is 0 Å². The van der Waals surface area contributed by atoms with Gasteiger partial charge in [0.2, 0.25) is 5.91 Å². The fourth-order valence-corrected chi connectivity index (χ4v) is 4.24. The van der Waals surface area contributed by atoms with Gasteiger partial charge in [0.15, 0.2) is 5.76 Å². The van der Waals surface area contributed by atoms with E-state index >= 15 is 0 Å². The summed E-state index contributed by atoms with van der Waals surface area (Å²) < 4.78 is 7.15. The van der Waals surface area contributed by atoms with Crippen molar-refractivity contribution >= 4 is 23.2 Å². The van der Waals surface area contributed by atoms with Crippen LogP contribution in [-0.2, 0) is 4.79 Å². The van der Waals surface area contributed by atoms with Crippen LogP contribution in [0.3, 0.4) is 0 Å². The summed E-state index contributed by atoms with van der Waals surface area (Å²) in [5, 5.41) is 4.26. The van der Waals surface area contributed by atoms with E-state index in [-0.39, 0.29) is 23.6 Å². The molecule has 1 aliphatic heterocycles. The largest absolute Gasteiger partial charge is 0.459 e. The minimum absolute atomic E-state index is 0.0554. The van der Waals surface area contributed by atoms with Gasteiger partial charge in [0.1, 0.15) is 0 Å². The van der Waals surface area contributed by atoms with Crippen molar-refractivity contribution in [3.05, 3.63) is 85.1 Å². The molecule has 0 unspecified atom stereocenters. The lowest BCUT2D eigenvalue weighted by molar-refractivity contribution is -0.117. The summed E-state index contributed by atoms with van der Waals surface area (Å²) >= 11 is 0. The second-order valence-electron chi connectivity index (χ2n) is 7.83. The highest BCUT2D eigenvalue weighted by molar-refractivity contribution is 6.10. The molecule has 2 aromatic carbocycles. The average molecular weight is 426 g/mol. The van der Waals surface area contributed by atoms with Crippen LogP contribution in [0, 0.1) is 0 Å². The number of furan rings is 1. The molecule has 7 nitrogen and oxygen atoms in total. The summed E-state index contributed by atoms with van der Waals surface area (Å²) in [5.74, 6) is -0.00828. The van der Waals surface area contributed by atoms with Gasteiger partial charge in [-0.15, -0.1) is 0 Å². The monoisotopic (exact) mass is 426 g/mol. The lowest BCUT2D eigenvalue weighted by atomic mass is 10.00. The van der Waals surface area contributed by atoms with Crippen molar-refractivity contribution in [3.8, 4) is 16.8 Å². The van der Waals surface area contributed by atoms with Crippen molar-refractivity contribution in [1.29, 1.82) is 0 Å². The highest BCUT2D eigenvalue weighted by Gasteiger charge is 2.34. The molecule has 0 saturated heterocycles. The number of amides is 2. The number of fused-ring (bicyclic) bond motifs is 1. The summed E-state index contributed by atoms with van der Waals surface area (Å²) in [6.07, 6.45) is 5.12. The molecule has 160 valence electrons. The van der Waals surface area contributed by atoms with E-state index < -0.39 is 0 Å². The fraction of sp³-hybridized carbons (Fsp3) is 0.160. The van der Waals surface area contributed by atoms with Gasteiger partial charge in [-0.2, -0.15) is 5.10 Å². The number of anilines is 2. The van der Waals surface area contributed by atoms with Crippen molar-refractivity contribution in [1.82, 2.24) is 9.78 Å². The van der Waals surface area contributed by atoms with E-state index in [1.54, 1.807) is 39.7 Å². The highest BCUT2D eigenvalue weighted by atomic mass is 16.3. The van der Waals surface area contributed by atoms with Gasteiger partial charge in [-0.1, -0.05) is 18.2 Å². The zero-order valence-corrected chi connectivity index (χ0v) is 17.8. The first kappa shape index (κ1) is 19.8. The van der Waals surface area contributed by atoms with E-state index in [9.17, 15) is 9.59 Å². The number of aromatic nitrogens is 2. The van der Waals surface area contributed by atoms with Crippen LogP contribution >= 0.6 is 0 Å². The predicted molar refractivity (Wildman–Crippen MR) is 122 cm³/mol. The van der Waals surface area contributed by atoms with Crippen molar-refractivity contribution < 1.29 is 14.0 Å². The first-order valence-electron chi connectivity index (χ1n) is 10.4. The summed E-state index contributed by atoms with van der Waals surface area (Å²) in [5.41, 5.74) is 4.32. The molecule has 0 spiro atoms. The topological polar surface area (TPSA) is 71.6 Å². The maximum atomic E-state index is 13.2. The van der Waals surface area contributed by atoms with Crippen LogP contribution in [-0.4, -0.2) is 34.2 Å². The van der Waals surface area contributed by atoms with E-state index in [4.69, 9.17) is 4.42 Å². The Labute approximate surface area is 185 Å². The molecular weight excluding hydrogens is 404 g/mol. The van der Waals surface area contributed by atoms with Crippen LogP contribution in [0.25, 0.3) is 16.8 Å².